The number of benzene rings is 1. The zero-order valence-electron chi connectivity index (χ0n) is 7.19. The summed E-state index contributed by atoms with van der Waals surface area (Å²) in [5, 5.41) is 3.33. The number of carbonyl (C=O) groups is 1. The smallest absolute Gasteiger partial charge is 0.251 e. The van der Waals surface area contributed by atoms with Gasteiger partial charge in [0, 0.05) is 26.0 Å². The lowest BCUT2D eigenvalue weighted by Crippen LogP contribution is -2.25. The first kappa shape index (κ1) is 12.3. The maximum atomic E-state index is 11.5. The van der Waals surface area contributed by atoms with Crippen LogP contribution in [0, 0.1) is 0 Å². The normalized spacial score (nSPS) is 9.93. The van der Waals surface area contributed by atoms with Crippen molar-refractivity contribution in [1.29, 1.82) is 0 Å². The highest BCUT2D eigenvalue weighted by molar-refractivity contribution is 14.1. The monoisotopic (exact) mass is 387 g/mol. The van der Waals surface area contributed by atoms with E-state index >= 15 is 0 Å². The summed E-state index contributed by atoms with van der Waals surface area (Å²) < 4.78 is 1.70. The molecule has 1 amide bonds. The molecule has 2 nitrogen and oxygen atoms in total. The molecule has 0 unspecified atom stereocenters. The Labute approximate surface area is 110 Å². The molecule has 0 bridgehead atoms. The van der Waals surface area contributed by atoms with E-state index in [4.69, 9.17) is 11.6 Å². The molecule has 76 valence electrons. The molecule has 5 heteroatoms. The van der Waals surface area contributed by atoms with Gasteiger partial charge in [0.15, 0.2) is 0 Å². The van der Waals surface area contributed by atoms with Gasteiger partial charge in [0.25, 0.3) is 5.91 Å². The van der Waals surface area contributed by atoms with Gasteiger partial charge in [0.05, 0.1) is 0 Å². The molecule has 0 fully saturated rings. The summed E-state index contributed by atoms with van der Waals surface area (Å²) in [6, 6.07) is 5.14. The number of carbonyl (C=O) groups excluding carboxylic acids is 1. The number of alkyl halides is 1. The second kappa shape index (κ2) is 5.92. The Kier molecular flexibility index (Phi) is 5.19. The van der Waals surface area contributed by atoms with Gasteiger partial charge >= 0.3 is 0 Å². The Morgan fingerprint density at radius 1 is 1.50 bits per heavy atom. The van der Waals surface area contributed by atoms with Crippen LogP contribution in [0.5, 0.6) is 0 Å². The lowest BCUT2D eigenvalue weighted by atomic mass is 10.2. The van der Waals surface area contributed by atoms with E-state index in [0.717, 1.165) is 8.90 Å². The predicted octanol–water partition coefficient (Wildman–Crippen LogP) is 3.27. The summed E-state index contributed by atoms with van der Waals surface area (Å²) in [6.07, 6.45) is 0. The Morgan fingerprint density at radius 2 is 2.21 bits per heavy atom. The second-order valence-corrected chi connectivity index (χ2v) is 5.03. The van der Waals surface area contributed by atoms with Gasteiger partial charge in [-0.1, -0.05) is 50.1 Å². The van der Waals surface area contributed by atoms with Gasteiger partial charge in [-0.05, 0) is 18.2 Å². The minimum atomic E-state index is -0.0927. The van der Waals surface area contributed by atoms with Crippen LogP contribution in [0.25, 0.3) is 0 Å². The Balaban J connectivity index is 2.79. The fourth-order valence-corrected chi connectivity index (χ4v) is 2.08. The first-order valence-corrected chi connectivity index (χ1v) is 6.63. The molecular weight excluding hydrogens is 380 g/mol. The van der Waals surface area contributed by atoms with Crippen molar-refractivity contribution in [3.63, 3.8) is 0 Å². The van der Waals surface area contributed by atoms with Gasteiger partial charge in [-0.25, -0.2) is 0 Å². The van der Waals surface area contributed by atoms with Crippen LogP contribution in [-0.4, -0.2) is 16.9 Å². The number of hydrogen-bond acceptors (Lipinski definition) is 1. The van der Waals surface area contributed by atoms with E-state index < -0.39 is 0 Å². The molecule has 1 rings (SSSR count). The van der Waals surface area contributed by atoms with E-state index in [9.17, 15) is 4.79 Å². The average Bonchev–Trinajstić information content (AvgIpc) is 2.12. The predicted molar refractivity (Wildman–Crippen MR) is 70.4 cm³/mol. The van der Waals surface area contributed by atoms with Gasteiger partial charge in [-0.2, -0.15) is 0 Å². The van der Waals surface area contributed by atoms with Crippen LogP contribution in [0.3, 0.4) is 0 Å². The van der Waals surface area contributed by atoms with Crippen molar-refractivity contribution in [2.24, 2.45) is 0 Å². The van der Waals surface area contributed by atoms with Crippen LogP contribution >= 0.6 is 50.1 Å². The van der Waals surface area contributed by atoms with Crippen LogP contribution < -0.4 is 5.32 Å². The highest BCUT2D eigenvalue weighted by atomic mass is 127. The molecule has 0 spiro atoms. The van der Waals surface area contributed by atoms with E-state index in [2.05, 4.69) is 43.8 Å². The van der Waals surface area contributed by atoms with E-state index in [0.29, 0.717) is 17.1 Å². The second-order valence-electron chi connectivity index (χ2n) is 2.60. The standard InChI is InChI=1S/C9H8BrClINO/c10-7-3-6(4-8(11)5-7)9(14)13-2-1-12/h3-5H,1-2H2,(H,13,14). The number of amides is 1. The molecule has 0 radical (unpaired) electrons. The minimum absolute atomic E-state index is 0.0927. The van der Waals surface area contributed by atoms with Crippen LogP contribution in [0.15, 0.2) is 22.7 Å². The van der Waals surface area contributed by atoms with E-state index in [-0.39, 0.29) is 5.91 Å². The van der Waals surface area contributed by atoms with Crippen molar-refractivity contribution in [3.05, 3.63) is 33.3 Å². The third-order valence-corrected chi connectivity index (χ3v) is 2.72. The molecule has 0 aromatic heterocycles. The van der Waals surface area contributed by atoms with Crippen molar-refractivity contribution in [1.82, 2.24) is 5.32 Å². The van der Waals surface area contributed by atoms with E-state index in [1.54, 1.807) is 18.2 Å². The Morgan fingerprint density at radius 3 is 2.79 bits per heavy atom. The van der Waals surface area contributed by atoms with Gasteiger partial charge in [0.2, 0.25) is 0 Å². The zero-order valence-corrected chi connectivity index (χ0v) is 11.7. The van der Waals surface area contributed by atoms with Gasteiger partial charge < -0.3 is 5.32 Å². The maximum Gasteiger partial charge on any atom is 0.251 e. The SMILES string of the molecule is O=C(NCCI)c1cc(Cl)cc(Br)c1. The molecule has 0 heterocycles. The third kappa shape index (κ3) is 3.74. The molecule has 0 saturated heterocycles. The molecule has 1 N–H and O–H groups in total. The Hall–Kier alpha value is 0.190. The molecule has 1 aromatic rings. The number of rotatable bonds is 3. The summed E-state index contributed by atoms with van der Waals surface area (Å²) >= 11 is 11.3. The van der Waals surface area contributed by atoms with E-state index in [1.165, 1.54) is 0 Å². The molecule has 0 aliphatic carbocycles. The highest BCUT2D eigenvalue weighted by Crippen LogP contribution is 2.19. The van der Waals surface area contributed by atoms with Crippen molar-refractivity contribution in [3.8, 4) is 0 Å². The van der Waals surface area contributed by atoms with Crippen LogP contribution in [-0.2, 0) is 0 Å². The molecule has 14 heavy (non-hydrogen) atoms. The fourth-order valence-electron chi connectivity index (χ4n) is 0.948. The largest absolute Gasteiger partial charge is 0.351 e. The van der Waals surface area contributed by atoms with E-state index in [1.807, 2.05) is 0 Å². The number of hydrogen-bond donors (Lipinski definition) is 1. The summed E-state index contributed by atoms with van der Waals surface area (Å²) in [7, 11) is 0. The fraction of sp³-hybridized carbons (Fsp3) is 0.222. The van der Waals surface area contributed by atoms with Crippen LogP contribution in [0.1, 0.15) is 10.4 Å². The van der Waals surface area contributed by atoms with Gasteiger partial charge in [-0.15, -0.1) is 0 Å². The quantitative estimate of drug-likeness (QED) is 0.625. The number of halogens is 3. The first-order chi connectivity index (χ1) is 6.63. The molecule has 0 aliphatic rings. The summed E-state index contributed by atoms with van der Waals surface area (Å²) in [5.41, 5.74) is 0.578. The Bertz CT molecular complexity index is 325. The van der Waals surface area contributed by atoms with Crippen molar-refractivity contribution < 1.29 is 4.79 Å². The molecule has 0 aliphatic heterocycles. The molecular formula is C9H8BrClINO. The average molecular weight is 388 g/mol. The van der Waals surface area contributed by atoms with Gasteiger partial charge in [0.1, 0.15) is 0 Å². The van der Waals surface area contributed by atoms with Crippen molar-refractivity contribution in [2.45, 2.75) is 0 Å². The molecule has 0 saturated carbocycles. The lowest BCUT2D eigenvalue weighted by Gasteiger charge is -2.04. The number of nitrogens with one attached hydrogen (secondary N) is 1. The molecule has 0 atom stereocenters. The lowest BCUT2D eigenvalue weighted by molar-refractivity contribution is 0.0956. The summed E-state index contributed by atoms with van der Waals surface area (Å²) in [6.45, 7) is 0.670. The van der Waals surface area contributed by atoms with Crippen molar-refractivity contribution >= 4 is 56.0 Å². The van der Waals surface area contributed by atoms with Crippen molar-refractivity contribution in [2.75, 3.05) is 11.0 Å². The minimum Gasteiger partial charge on any atom is -0.351 e. The summed E-state index contributed by atoms with van der Waals surface area (Å²) in [4.78, 5) is 11.5. The topological polar surface area (TPSA) is 29.1 Å². The maximum absolute atomic E-state index is 11.5. The van der Waals surface area contributed by atoms with Gasteiger partial charge in [-0.3, -0.25) is 4.79 Å². The van der Waals surface area contributed by atoms with Crippen LogP contribution in [0.2, 0.25) is 5.02 Å². The highest BCUT2D eigenvalue weighted by Gasteiger charge is 2.06. The zero-order chi connectivity index (χ0) is 10.6. The third-order valence-electron chi connectivity index (χ3n) is 1.50. The first-order valence-electron chi connectivity index (χ1n) is 3.93. The van der Waals surface area contributed by atoms with Crippen LogP contribution in [0.4, 0.5) is 0 Å². The summed E-state index contributed by atoms with van der Waals surface area (Å²) in [5.74, 6) is -0.0927. The molecule has 1 aromatic carbocycles.